The Morgan fingerprint density at radius 3 is 2.76 bits per heavy atom. The van der Waals surface area contributed by atoms with Crippen molar-refractivity contribution in [2.45, 2.75) is 18.7 Å². The summed E-state index contributed by atoms with van der Waals surface area (Å²) >= 11 is 11.5. The van der Waals surface area contributed by atoms with Crippen molar-refractivity contribution in [3.63, 3.8) is 0 Å². The number of aryl methyl sites for hydroxylation is 1. The Morgan fingerprint density at radius 1 is 1.41 bits per heavy atom. The maximum absolute atomic E-state index is 13.1. The molecule has 0 aliphatic carbocycles. The van der Waals surface area contributed by atoms with Gasteiger partial charge in [0, 0.05) is 4.88 Å². The molecular formula is C13H11BrClFS. The van der Waals surface area contributed by atoms with E-state index < -0.39 is 0 Å². The fourth-order valence-electron chi connectivity index (χ4n) is 1.75. The molecule has 0 aliphatic rings. The molecule has 0 spiro atoms. The van der Waals surface area contributed by atoms with Crippen LogP contribution in [0.5, 0.6) is 0 Å². The standard InChI is InChI=1S/C13H11BrClFS/c1-8-11(7-13(14)17-8)12(15)6-9-3-2-4-10(16)5-9/h2-5,7,12H,6H2,1H3. The van der Waals surface area contributed by atoms with Crippen molar-refractivity contribution >= 4 is 38.9 Å². The van der Waals surface area contributed by atoms with Crippen LogP contribution in [0.25, 0.3) is 0 Å². The van der Waals surface area contributed by atoms with E-state index in [1.54, 1.807) is 17.4 Å². The number of halogens is 3. The molecule has 90 valence electrons. The van der Waals surface area contributed by atoms with Crippen LogP contribution < -0.4 is 0 Å². The van der Waals surface area contributed by atoms with Crippen LogP contribution >= 0.6 is 38.9 Å². The van der Waals surface area contributed by atoms with Gasteiger partial charge in [-0.2, -0.15) is 0 Å². The van der Waals surface area contributed by atoms with Crippen molar-refractivity contribution in [3.8, 4) is 0 Å². The molecule has 0 fully saturated rings. The van der Waals surface area contributed by atoms with Crippen molar-refractivity contribution in [2.75, 3.05) is 0 Å². The van der Waals surface area contributed by atoms with Gasteiger partial charge in [0.15, 0.2) is 0 Å². The first-order valence-electron chi connectivity index (χ1n) is 5.20. The summed E-state index contributed by atoms with van der Waals surface area (Å²) in [5.41, 5.74) is 2.04. The van der Waals surface area contributed by atoms with Crippen LogP contribution in [0.15, 0.2) is 34.1 Å². The van der Waals surface area contributed by atoms with Crippen LogP contribution in [0.2, 0.25) is 0 Å². The third-order valence-electron chi connectivity index (χ3n) is 2.57. The van der Waals surface area contributed by atoms with Crippen molar-refractivity contribution < 1.29 is 4.39 Å². The summed E-state index contributed by atoms with van der Waals surface area (Å²) in [5.74, 6) is -0.213. The highest BCUT2D eigenvalue weighted by Gasteiger charge is 2.14. The fourth-order valence-corrected chi connectivity index (χ4v) is 3.99. The Bertz CT molecular complexity index is 524. The molecule has 0 amide bonds. The smallest absolute Gasteiger partial charge is 0.123 e. The first-order chi connectivity index (χ1) is 8.06. The lowest BCUT2D eigenvalue weighted by molar-refractivity contribution is 0.625. The molecule has 0 saturated heterocycles. The van der Waals surface area contributed by atoms with Crippen LogP contribution in [0.3, 0.4) is 0 Å². The minimum absolute atomic E-state index is 0.112. The van der Waals surface area contributed by atoms with Gasteiger partial charge in [-0.3, -0.25) is 0 Å². The summed E-state index contributed by atoms with van der Waals surface area (Å²) in [6.07, 6.45) is 0.642. The molecule has 1 heterocycles. The molecule has 1 aromatic heterocycles. The van der Waals surface area contributed by atoms with Gasteiger partial charge in [0.2, 0.25) is 0 Å². The Hall–Kier alpha value is -0.380. The zero-order chi connectivity index (χ0) is 12.4. The van der Waals surface area contributed by atoms with Gasteiger partial charge in [0.25, 0.3) is 0 Å². The summed E-state index contributed by atoms with van der Waals surface area (Å²) in [7, 11) is 0. The molecule has 1 aromatic carbocycles. The molecule has 0 nitrogen and oxygen atoms in total. The van der Waals surface area contributed by atoms with Crippen molar-refractivity contribution in [3.05, 3.63) is 55.9 Å². The van der Waals surface area contributed by atoms with E-state index in [0.29, 0.717) is 6.42 Å². The van der Waals surface area contributed by atoms with Gasteiger partial charge >= 0.3 is 0 Å². The fraction of sp³-hybridized carbons (Fsp3) is 0.231. The molecule has 2 aromatic rings. The molecule has 17 heavy (non-hydrogen) atoms. The van der Waals surface area contributed by atoms with Crippen molar-refractivity contribution in [2.24, 2.45) is 0 Å². The first kappa shape index (κ1) is 13.1. The van der Waals surface area contributed by atoms with Gasteiger partial charge in [-0.05, 0) is 58.6 Å². The number of alkyl halides is 1. The van der Waals surface area contributed by atoms with E-state index >= 15 is 0 Å². The third kappa shape index (κ3) is 3.30. The number of benzene rings is 1. The lowest BCUT2D eigenvalue weighted by atomic mass is 10.0. The molecule has 4 heteroatoms. The van der Waals surface area contributed by atoms with Crippen LogP contribution in [-0.4, -0.2) is 0 Å². The highest BCUT2D eigenvalue weighted by molar-refractivity contribution is 9.11. The second-order valence-electron chi connectivity index (χ2n) is 3.86. The lowest BCUT2D eigenvalue weighted by Crippen LogP contribution is -1.96. The summed E-state index contributed by atoms with van der Waals surface area (Å²) in [6.45, 7) is 2.05. The summed E-state index contributed by atoms with van der Waals surface area (Å²) in [6, 6.07) is 8.63. The van der Waals surface area contributed by atoms with Gasteiger partial charge in [0.1, 0.15) is 5.82 Å². The highest BCUT2D eigenvalue weighted by Crippen LogP contribution is 2.35. The molecule has 0 saturated carbocycles. The number of hydrogen-bond donors (Lipinski definition) is 0. The quantitative estimate of drug-likeness (QED) is 0.652. The predicted octanol–water partition coefficient (Wildman–Crippen LogP) is 5.48. The Morgan fingerprint density at radius 2 is 2.18 bits per heavy atom. The summed E-state index contributed by atoms with van der Waals surface area (Å²) in [4.78, 5) is 1.20. The monoisotopic (exact) mass is 332 g/mol. The lowest BCUT2D eigenvalue weighted by Gasteiger charge is -2.09. The number of hydrogen-bond acceptors (Lipinski definition) is 1. The molecule has 1 unspecified atom stereocenters. The Labute approximate surface area is 118 Å². The van der Waals surface area contributed by atoms with E-state index in [1.165, 1.54) is 17.0 Å². The van der Waals surface area contributed by atoms with E-state index in [0.717, 1.165) is 14.9 Å². The second-order valence-corrected chi connectivity index (χ2v) is 7.03. The zero-order valence-corrected chi connectivity index (χ0v) is 12.4. The van der Waals surface area contributed by atoms with E-state index in [9.17, 15) is 4.39 Å². The van der Waals surface area contributed by atoms with Crippen LogP contribution in [0.4, 0.5) is 4.39 Å². The highest BCUT2D eigenvalue weighted by atomic mass is 79.9. The first-order valence-corrected chi connectivity index (χ1v) is 7.25. The normalized spacial score (nSPS) is 12.7. The third-order valence-corrected chi connectivity index (χ3v) is 4.53. The molecule has 1 atom stereocenters. The van der Waals surface area contributed by atoms with Crippen molar-refractivity contribution in [1.82, 2.24) is 0 Å². The predicted molar refractivity (Wildman–Crippen MR) is 75.5 cm³/mol. The largest absolute Gasteiger partial charge is 0.207 e. The minimum atomic E-state index is -0.213. The average molecular weight is 334 g/mol. The van der Waals surface area contributed by atoms with Crippen molar-refractivity contribution in [1.29, 1.82) is 0 Å². The zero-order valence-electron chi connectivity index (χ0n) is 9.21. The van der Waals surface area contributed by atoms with Gasteiger partial charge in [-0.1, -0.05) is 12.1 Å². The van der Waals surface area contributed by atoms with E-state index in [4.69, 9.17) is 11.6 Å². The summed E-state index contributed by atoms with van der Waals surface area (Å²) in [5, 5.41) is -0.112. The van der Waals surface area contributed by atoms with E-state index in [2.05, 4.69) is 15.9 Å². The second kappa shape index (κ2) is 5.51. The number of rotatable bonds is 3. The maximum Gasteiger partial charge on any atom is 0.123 e. The Balaban J connectivity index is 2.16. The Kier molecular flexibility index (Phi) is 4.23. The average Bonchev–Trinajstić information content (AvgIpc) is 2.58. The van der Waals surface area contributed by atoms with E-state index in [-0.39, 0.29) is 11.2 Å². The number of thiophene rings is 1. The maximum atomic E-state index is 13.1. The van der Waals surface area contributed by atoms with Gasteiger partial charge in [-0.15, -0.1) is 22.9 Å². The summed E-state index contributed by atoms with van der Waals surface area (Å²) < 4.78 is 14.1. The van der Waals surface area contributed by atoms with Gasteiger partial charge in [-0.25, -0.2) is 4.39 Å². The molecule has 0 radical (unpaired) electrons. The van der Waals surface area contributed by atoms with Crippen LogP contribution in [0, 0.1) is 12.7 Å². The van der Waals surface area contributed by atoms with Crippen LogP contribution in [0.1, 0.15) is 21.4 Å². The molecular weight excluding hydrogens is 323 g/mol. The van der Waals surface area contributed by atoms with Crippen LogP contribution in [-0.2, 0) is 6.42 Å². The topological polar surface area (TPSA) is 0 Å². The molecule has 0 aliphatic heterocycles. The molecule has 0 bridgehead atoms. The van der Waals surface area contributed by atoms with E-state index in [1.807, 2.05) is 19.1 Å². The van der Waals surface area contributed by atoms with Gasteiger partial charge < -0.3 is 0 Å². The van der Waals surface area contributed by atoms with Gasteiger partial charge in [0.05, 0.1) is 9.16 Å². The SMILES string of the molecule is Cc1sc(Br)cc1C(Cl)Cc1cccc(F)c1. The minimum Gasteiger partial charge on any atom is -0.207 e. The molecule has 2 rings (SSSR count). The molecule has 0 N–H and O–H groups in total.